The fourth-order valence-electron chi connectivity index (χ4n) is 3.47. The first-order valence-corrected chi connectivity index (χ1v) is 10.6. The van der Waals surface area contributed by atoms with Gasteiger partial charge in [-0.2, -0.15) is 0 Å². The Kier molecular flexibility index (Phi) is 8.47. The van der Waals surface area contributed by atoms with Crippen LogP contribution in [0.1, 0.15) is 35.8 Å². The molecule has 3 aromatic carbocycles. The largest absolute Gasteiger partial charge is 0.497 e. The number of quaternary nitrogens is 1. The van der Waals surface area contributed by atoms with Crippen LogP contribution in [0.2, 0.25) is 0 Å². The van der Waals surface area contributed by atoms with Crippen molar-refractivity contribution in [3.63, 3.8) is 0 Å². The average molecular weight is 423 g/mol. The van der Waals surface area contributed by atoms with E-state index in [2.05, 4.69) is 24.4 Å². The second kappa shape index (κ2) is 11.5. The molecule has 5 heteroatoms. The highest BCUT2D eigenvalue weighted by Gasteiger charge is 2.19. The highest BCUT2D eigenvalue weighted by molar-refractivity contribution is 5.36. The standard InChI is InChI=1S/C26H31NO4/c1-19(20-7-5-4-6-8-20)27-17-23(28)18-31-26(21-9-13-24(29-2)14-10-21)22-11-15-25(30-3)16-12-22/h4-16,19,23,26-28H,17-18H2,1-3H3/p+1/t19-,23+/m0/s1. The molecule has 0 heterocycles. The van der Waals surface area contributed by atoms with Gasteiger partial charge in [-0.15, -0.1) is 0 Å². The molecule has 3 N–H and O–H groups in total. The number of benzene rings is 3. The molecule has 0 saturated carbocycles. The lowest BCUT2D eigenvalue weighted by Crippen LogP contribution is -2.87. The lowest BCUT2D eigenvalue weighted by atomic mass is 10.0. The van der Waals surface area contributed by atoms with Crippen molar-refractivity contribution < 1.29 is 24.6 Å². The lowest BCUT2D eigenvalue weighted by Gasteiger charge is -2.22. The minimum Gasteiger partial charge on any atom is -0.497 e. The van der Waals surface area contributed by atoms with Gasteiger partial charge in [0.25, 0.3) is 0 Å². The highest BCUT2D eigenvalue weighted by Crippen LogP contribution is 2.29. The summed E-state index contributed by atoms with van der Waals surface area (Å²) in [5.74, 6) is 1.59. The van der Waals surface area contributed by atoms with Crippen LogP contribution >= 0.6 is 0 Å². The van der Waals surface area contributed by atoms with Crippen molar-refractivity contribution in [1.29, 1.82) is 0 Å². The molecule has 164 valence electrons. The topological polar surface area (TPSA) is 64.5 Å². The normalized spacial score (nSPS) is 13.1. The lowest BCUT2D eigenvalue weighted by molar-refractivity contribution is -0.698. The van der Waals surface area contributed by atoms with Crippen molar-refractivity contribution in [3.05, 3.63) is 95.6 Å². The number of hydrogen-bond acceptors (Lipinski definition) is 4. The van der Waals surface area contributed by atoms with Gasteiger partial charge in [-0.1, -0.05) is 54.6 Å². The zero-order valence-corrected chi connectivity index (χ0v) is 18.4. The SMILES string of the molecule is COc1ccc(C(OC[C@H](O)C[NH2+][C@@H](C)c2ccccc2)c2ccc(OC)cc2)cc1. The van der Waals surface area contributed by atoms with E-state index in [9.17, 15) is 5.11 Å². The zero-order chi connectivity index (χ0) is 22.1. The maximum absolute atomic E-state index is 10.6. The van der Waals surface area contributed by atoms with Gasteiger partial charge in [-0.3, -0.25) is 0 Å². The van der Waals surface area contributed by atoms with Gasteiger partial charge >= 0.3 is 0 Å². The van der Waals surface area contributed by atoms with E-state index in [1.165, 1.54) is 5.56 Å². The van der Waals surface area contributed by atoms with E-state index in [4.69, 9.17) is 14.2 Å². The Morgan fingerprint density at radius 1 is 0.742 bits per heavy atom. The fourth-order valence-corrected chi connectivity index (χ4v) is 3.47. The van der Waals surface area contributed by atoms with Gasteiger partial charge in [0.2, 0.25) is 0 Å². The third-order valence-corrected chi connectivity index (χ3v) is 5.38. The summed E-state index contributed by atoms with van der Waals surface area (Å²) in [6.07, 6.45) is -0.872. The number of hydrogen-bond donors (Lipinski definition) is 2. The average Bonchev–Trinajstić information content (AvgIpc) is 2.84. The summed E-state index contributed by atoms with van der Waals surface area (Å²) in [4.78, 5) is 0. The van der Waals surface area contributed by atoms with Crippen molar-refractivity contribution >= 4 is 0 Å². The van der Waals surface area contributed by atoms with Crippen LogP contribution in [0, 0.1) is 0 Å². The van der Waals surface area contributed by atoms with Crippen molar-refractivity contribution in [2.75, 3.05) is 27.4 Å². The molecule has 3 aromatic rings. The minimum atomic E-state index is -0.579. The third kappa shape index (κ3) is 6.56. The van der Waals surface area contributed by atoms with Crippen molar-refractivity contribution in [1.82, 2.24) is 0 Å². The number of rotatable bonds is 11. The van der Waals surface area contributed by atoms with Gasteiger partial charge in [0.15, 0.2) is 0 Å². The molecule has 0 radical (unpaired) electrons. The van der Waals surface area contributed by atoms with Crippen LogP contribution in [0.4, 0.5) is 0 Å². The molecule has 0 aliphatic heterocycles. The van der Waals surface area contributed by atoms with Crippen LogP contribution in [0.25, 0.3) is 0 Å². The van der Waals surface area contributed by atoms with E-state index in [1.807, 2.05) is 66.7 Å². The predicted molar refractivity (Wildman–Crippen MR) is 121 cm³/mol. The monoisotopic (exact) mass is 422 g/mol. The Labute approximate surface area is 184 Å². The summed E-state index contributed by atoms with van der Waals surface area (Å²) in [5, 5.41) is 12.7. The maximum Gasteiger partial charge on any atom is 0.126 e. The molecule has 0 fully saturated rings. The summed E-state index contributed by atoms with van der Waals surface area (Å²) in [5.41, 5.74) is 3.24. The first kappa shape index (κ1) is 22.8. The summed E-state index contributed by atoms with van der Waals surface area (Å²) >= 11 is 0. The van der Waals surface area contributed by atoms with Gasteiger partial charge in [0.05, 0.1) is 20.8 Å². The number of aliphatic hydroxyl groups is 1. The first-order chi connectivity index (χ1) is 15.1. The number of ether oxygens (including phenoxy) is 3. The molecule has 0 aromatic heterocycles. The molecular formula is C26H32NO4+. The van der Waals surface area contributed by atoms with Gasteiger partial charge in [0, 0.05) is 5.56 Å². The Morgan fingerprint density at radius 3 is 1.74 bits per heavy atom. The molecule has 0 bridgehead atoms. The van der Waals surface area contributed by atoms with Gasteiger partial charge in [-0.25, -0.2) is 0 Å². The molecule has 31 heavy (non-hydrogen) atoms. The van der Waals surface area contributed by atoms with E-state index in [1.54, 1.807) is 14.2 Å². The van der Waals surface area contributed by atoms with E-state index in [-0.39, 0.29) is 18.8 Å². The molecule has 2 atom stereocenters. The summed E-state index contributed by atoms with van der Waals surface area (Å²) in [7, 11) is 3.30. The number of nitrogens with two attached hydrogens (primary N) is 1. The van der Waals surface area contributed by atoms with Crippen molar-refractivity contribution in [2.24, 2.45) is 0 Å². The number of aliphatic hydroxyl groups excluding tert-OH is 1. The van der Waals surface area contributed by atoms with Crippen LogP contribution in [0.5, 0.6) is 11.5 Å². The summed E-state index contributed by atoms with van der Waals surface area (Å²) in [6, 6.07) is 26.2. The van der Waals surface area contributed by atoms with Crippen molar-refractivity contribution in [2.45, 2.75) is 25.2 Å². The summed E-state index contributed by atoms with van der Waals surface area (Å²) < 4.78 is 16.8. The smallest absolute Gasteiger partial charge is 0.126 e. The summed E-state index contributed by atoms with van der Waals surface area (Å²) in [6.45, 7) is 2.94. The molecular weight excluding hydrogens is 390 g/mol. The fraction of sp³-hybridized carbons (Fsp3) is 0.308. The van der Waals surface area contributed by atoms with E-state index >= 15 is 0 Å². The minimum absolute atomic E-state index is 0.237. The van der Waals surface area contributed by atoms with Gasteiger partial charge in [-0.05, 0) is 42.3 Å². The quantitative estimate of drug-likeness (QED) is 0.497. The highest BCUT2D eigenvalue weighted by atomic mass is 16.5. The van der Waals surface area contributed by atoms with Crippen LogP contribution in [-0.4, -0.2) is 38.6 Å². The molecule has 0 aliphatic carbocycles. The zero-order valence-electron chi connectivity index (χ0n) is 18.4. The van der Waals surface area contributed by atoms with E-state index in [0.717, 1.165) is 22.6 Å². The Morgan fingerprint density at radius 2 is 1.26 bits per heavy atom. The first-order valence-electron chi connectivity index (χ1n) is 10.6. The molecule has 0 saturated heterocycles. The Hall–Kier alpha value is -2.86. The number of methoxy groups -OCH3 is 2. The predicted octanol–water partition coefficient (Wildman–Crippen LogP) is 3.50. The van der Waals surface area contributed by atoms with E-state index in [0.29, 0.717) is 6.54 Å². The van der Waals surface area contributed by atoms with Gasteiger partial charge < -0.3 is 24.6 Å². The molecule has 0 aliphatic rings. The molecule has 0 unspecified atom stereocenters. The maximum atomic E-state index is 10.6. The van der Waals surface area contributed by atoms with Crippen LogP contribution in [0.3, 0.4) is 0 Å². The second-order valence-corrected chi connectivity index (χ2v) is 7.58. The van der Waals surface area contributed by atoms with Crippen LogP contribution < -0.4 is 14.8 Å². The molecule has 0 amide bonds. The Bertz CT molecular complexity index is 849. The van der Waals surface area contributed by atoms with Crippen molar-refractivity contribution in [3.8, 4) is 11.5 Å². The third-order valence-electron chi connectivity index (χ3n) is 5.38. The Balaban J connectivity index is 1.64. The second-order valence-electron chi connectivity index (χ2n) is 7.58. The molecule has 3 rings (SSSR count). The van der Waals surface area contributed by atoms with Crippen LogP contribution in [0.15, 0.2) is 78.9 Å². The van der Waals surface area contributed by atoms with Crippen LogP contribution in [-0.2, 0) is 4.74 Å². The molecule has 5 nitrogen and oxygen atoms in total. The molecule has 0 spiro atoms. The van der Waals surface area contributed by atoms with E-state index < -0.39 is 6.10 Å². The van der Waals surface area contributed by atoms with Gasteiger partial charge in [0.1, 0.15) is 36.3 Å².